The van der Waals surface area contributed by atoms with Crippen LogP contribution in [0.4, 0.5) is 0 Å². The average molecular weight is 393 g/mol. The maximum absolute atomic E-state index is 13.1. The van der Waals surface area contributed by atoms with Crippen molar-refractivity contribution in [3.63, 3.8) is 0 Å². The molecule has 0 saturated carbocycles. The highest BCUT2D eigenvalue weighted by molar-refractivity contribution is 5.79. The number of likely N-dealkylation sites (tertiary alicyclic amines) is 2. The van der Waals surface area contributed by atoms with E-state index in [-0.39, 0.29) is 5.92 Å². The molecule has 0 aromatic rings. The van der Waals surface area contributed by atoms with Gasteiger partial charge in [-0.2, -0.15) is 0 Å². The zero-order valence-electron chi connectivity index (χ0n) is 19.5. The molecule has 2 fully saturated rings. The molecular formula is C25H48N2O. The number of nitrogens with zero attached hydrogens (tertiary/aromatic N) is 2. The van der Waals surface area contributed by atoms with Crippen LogP contribution < -0.4 is 0 Å². The molecule has 0 bridgehead atoms. The van der Waals surface area contributed by atoms with E-state index in [0.717, 1.165) is 31.8 Å². The molecule has 1 unspecified atom stereocenters. The monoisotopic (exact) mass is 392 g/mol. The highest BCUT2D eigenvalue weighted by Gasteiger charge is 2.45. The molecule has 0 aromatic carbocycles. The van der Waals surface area contributed by atoms with Gasteiger partial charge in [-0.1, -0.05) is 72.6 Å². The zero-order valence-corrected chi connectivity index (χ0v) is 19.5. The van der Waals surface area contributed by atoms with Crippen LogP contribution in [0.2, 0.25) is 0 Å². The van der Waals surface area contributed by atoms with Crippen molar-refractivity contribution < 1.29 is 4.79 Å². The van der Waals surface area contributed by atoms with Crippen molar-refractivity contribution in [3.8, 4) is 0 Å². The lowest BCUT2D eigenvalue weighted by Gasteiger charge is -2.54. The summed E-state index contributed by atoms with van der Waals surface area (Å²) in [6.45, 7) is 15.0. The van der Waals surface area contributed by atoms with Gasteiger partial charge in [-0.25, -0.2) is 0 Å². The molecule has 1 spiro atoms. The Bertz CT molecular complexity index is 426. The predicted molar refractivity (Wildman–Crippen MR) is 121 cm³/mol. The molecule has 2 rings (SSSR count). The van der Waals surface area contributed by atoms with Gasteiger partial charge in [0.05, 0.1) is 0 Å². The van der Waals surface area contributed by atoms with Crippen molar-refractivity contribution in [1.29, 1.82) is 0 Å². The van der Waals surface area contributed by atoms with E-state index in [1.165, 1.54) is 83.8 Å². The molecule has 3 nitrogen and oxygen atoms in total. The number of unbranched alkanes of at least 4 members (excludes halogenated alkanes) is 3. The van der Waals surface area contributed by atoms with Gasteiger partial charge < -0.3 is 9.80 Å². The Labute approximate surface area is 175 Å². The lowest BCUT2D eigenvalue weighted by molar-refractivity contribution is -0.141. The van der Waals surface area contributed by atoms with Crippen LogP contribution >= 0.6 is 0 Å². The summed E-state index contributed by atoms with van der Waals surface area (Å²) in [5.74, 6) is 1.63. The average Bonchev–Trinajstić information content (AvgIpc) is 2.69. The van der Waals surface area contributed by atoms with Crippen molar-refractivity contribution in [1.82, 2.24) is 9.80 Å². The van der Waals surface area contributed by atoms with E-state index in [9.17, 15) is 4.79 Å². The van der Waals surface area contributed by atoms with Crippen LogP contribution in [-0.4, -0.2) is 48.4 Å². The molecule has 2 heterocycles. The summed E-state index contributed by atoms with van der Waals surface area (Å²) in [5.41, 5.74) is 0.534. The molecule has 2 aliphatic heterocycles. The fourth-order valence-electron chi connectivity index (χ4n) is 5.23. The van der Waals surface area contributed by atoms with Crippen LogP contribution in [0.1, 0.15) is 105 Å². The van der Waals surface area contributed by atoms with Gasteiger partial charge in [0, 0.05) is 32.1 Å². The van der Waals surface area contributed by atoms with Gasteiger partial charge in [0.15, 0.2) is 0 Å². The van der Waals surface area contributed by atoms with E-state index in [1.807, 2.05) is 0 Å². The Morgan fingerprint density at radius 2 is 1.39 bits per heavy atom. The van der Waals surface area contributed by atoms with E-state index in [4.69, 9.17) is 0 Å². The van der Waals surface area contributed by atoms with Crippen LogP contribution in [0, 0.1) is 17.3 Å². The normalized spacial score (nSPS) is 20.5. The molecule has 1 amide bonds. The number of carbonyl (C=O) groups excluding carboxylic acids is 1. The number of amides is 1. The first-order chi connectivity index (χ1) is 13.5. The standard InChI is InChI=1S/C25H48N2O/c1-5-8-11-22(4)14-17-26-20-25(21-26)15-18-27(19-16-25)24(28)23(12-9-6-2)13-10-7-3/h22-23H,5-21H2,1-4H3. The van der Waals surface area contributed by atoms with Crippen LogP contribution in [-0.2, 0) is 4.79 Å². The van der Waals surface area contributed by atoms with E-state index >= 15 is 0 Å². The second-order valence-corrected chi connectivity index (χ2v) is 10.1. The summed E-state index contributed by atoms with van der Waals surface area (Å²) in [7, 11) is 0. The maximum Gasteiger partial charge on any atom is 0.225 e. The summed E-state index contributed by atoms with van der Waals surface area (Å²) in [6.07, 6.45) is 14.9. The number of carbonyl (C=O) groups is 1. The number of rotatable bonds is 13. The van der Waals surface area contributed by atoms with Crippen molar-refractivity contribution >= 4 is 5.91 Å². The van der Waals surface area contributed by atoms with Gasteiger partial charge in [-0.15, -0.1) is 0 Å². The molecule has 0 N–H and O–H groups in total. The third-order valence-electron chi connectivity index (χ3n) is 7.40. The zero-order chi connectivity index (χ0) is 20.4. The second-order valence-electron chi connectivity index (χ2n) is 10.1. The number of piperidine rings is 1. The Morgan fingerprint density at radius 3 is 1.93 bits per heavy atom. The minimum atomic E-state index is 0.288. The lowest BCUT2D eigenvalue weighted by Crippen LogP contribution is -2.61. The highest BCUT2D eigenvalue weighted by atomic mass is 16.2. The number of hydrogen-bond donors (Lipinski definition) is 0. The van der Waals surface area contributed by atoms with Crippen molar-refractivity contribution in [2.75, 3.05) is 32.7 Å². The molecule has 2 saturated heterocycles. The third kappa shape index (κ3) is 7.04. The van der Waals surface area contributed by atoms with Gasteiger partial charge in [0.25, 0.3) is 0 Å². The molecule has 0 radical (unpaired) electrons. The van der Waals surface area contributed by atoms with Crippen molar-refractivity contribution in [3.05, 3.63) is 0 Å². The van der Waals surface area contributed by atoms with E-state index in [0.29, 0.717) is 11.3 Å². The van der Waals surface area contributed by atoms with Crippen LogP contribution in [0.5, 0.6) is 0 Å². The first-order valence-electron chi connectivity index (χ1n) is 12.5. The molecule has 164 valence electrons. The molecule has 0 aromatic heterocycles. The molecule has 3 heteroatoms. The Balaban J connectivity index is 1.70. The van der Waals surface area contributed by atoms with Crippen LogP contribution in [0.3, 0.4) is 0 Å². The van der Waals surface area contributed by atoms with Gasteiger partial charge in [0.1, 0.15) is 0 Å². The maximum atomic E-state index is 13.1. The third-order valence-corrected chi connectivity index (χ3v) is 7.40. The van der Waals surface area contributed by atoms with E-state index in [1.54, 1.807) is 0 Å². The molecule has 0 aliphatic carbocycles. The first kappa shape index (κ1) is 23.7. The summed E-state index contributed by atoms with van der Waals surface area (Å²) in [4.78, 5) is 18.0. The van der Waals surface area contributed by atoms with Gasteiger partial charge >= 0.3 is 0 Å². The predicted octanol–water partition coefficient (Wildman–Crippen LogP) is 6.12. The Morgan fingerprint density at radius 1 is 0.857 bits per heavy atom. The minimum absolute atomic E-state index is 0.288. The number of hydrogen-bond acceptors (Lipinski definition) is 2. The van der Waals surface area contributed by atoms with Crippen molar-refractivity contribution in [2.24, 2.45) is 17.3 Å². The van der Waals surface area contributed by atoms with Crippen LogP contribution in [0.15, 0.2) is 0 Å². The summed E-state index contributed by atoms with van der Waals surface area (Å²) < 4.78 is 0. The minimum Gasteiger partial charge on any atom is -0.342 e. The quantitative estimate of drug-likeness (QED) is 0.377. The summed E-state index contributed by atoms with van der Waals surface area (Å²) >= 11 is 0. The van der Waals surface area contributed by atoms with Gasteiger partial charge in [-0.3, -0.25) is 4.79 Å². The summed E-state index contributed by atoms with van der Waals surface area (Å²) in [5, 5.41) is 0. The van der Waals surface area contributed by atoms with Gasteiger partial charge in [-0.05, 0) is 50.0 Å². The Kier molecular flexibility index (Phi) is 10.3. The molecule has 2 aliphatic rings. The summed E-state index contributed by atoms with van der Waals surface area (Å²) in [6, 6.07) is 0. The second kappa shape index (κ2) is 12.2. The SMILES string of the molecule is CCCCC(C)CCN1CC2(CCN(C(=O)C(CCCC)CCCC)CC2)C1. The van der Waals surface area contributed by atoms with E-state index < -0.39 is 0 Å². The topological polar surface area (TPSA) is 23.6 Å². The highest BCUT2D eigenvalue weighted by Crippen LogP contribution is 2.41. The fourth-order valence-corrected chi connectivity index (χ4v) is 5.23. The molecule has 1 atom stereocenters. The molecular weight excluding hydrogens is 344 g/mol. The Hall–Kier alpha value is -0.570. The fraction of sp³-hybridized carbons (Fsp3) is 0.960. The van der Waals surface area contributed by atoms with Gasteiger partial charge in [0.2, 0.25) is 5.91 Å². The van der Waals surface area contributed by atoms with Crippen molar-refractivity contribution in [2.45, 2.75) is 105 Å². The molecule has 28 heavy (non-hydrogen) atoms. The smallest absolute Gasteiger partial charge is 0.225 e. The van der Waals surface area contributed by atoms with E-state index in [2.05, 4.69) is 37.5 Å². The van der Waals surface area contributed by atoms with Crippen LogP contribution in [0.25, 0.3) is 0 Å². The first-order valence-corrected chi connectivity index (χ1v) is 12.5. The largest absolute Gasteiger partial charge is 0.342 e. The lowest BCUT2D eigenvalue weighted by atomic mass is 9.71.